The summed E-state index contributed by atoms with van der Waals surface area (Å²) in [6, 6.07) is 13.7. The quantitative estimate of drug-likeness (QED) is 0.405. The van der Waals surface area contributed by atoms with Crippen LogP contribution in [0.1, 0.15) is 34.6 Å². The number of rotatable bonds is 6. The van der Waals surface area contributed by atoms with Crippen LogP contribution in [0.4, 0.5) is 0 Å². The molecule has 7 heteroatoms. The summed E-state index contributed by atoms with van der Waals surface area (Å²) in [6.45, 7) is 5.51. The van der Waals surface area contributed by atoms with Crippen molar-refractivity contribution in [1.29, 1.82) is 0 Å². The minimum absolute atomic E-state index is 0.0253. The fourth-order valence-corrected chi connectivity index (χ4v) is 5.41. The van der Waals surface area contributed by atoms with Gasteiger partial charge in [0.25, 0.3) is 5.56 Å². The molecule has 0 spiro atoms. The highest BCUT2D eigenvalue weighted by molar-refractivity contribution is 7.21. The summed E-state index contributed by atoms with van der Waals surface area (Å²) in [5, 5.41) is 0.549. The van der Waals surface area contributed by atoms with Gasteiger partial charge in [0.05, 0.1) is 24.4 Å². The van der Waals surface area contributed by atoms with Crippen molar-refractivity contribution in [2.45, 2.75) is 45.9 Å². The Balaban J connectivity index is 1.41. The largest absolute Gasteiger partial charge is 0.376 e. The van der Waals surface area contributed by atoms with E-state index in [-0.39, 0.29) is 24.0 Å². The van der Waals surface area contributed by atoms with E-state index in [2.05, 4.69) is 9.55 Å². The summed E-state index contributed by atoms with van der Waals surface area (Å²) in [6.07, 6.45) is 3.82. The molecule has 5 rings (SSSR count). The van der Waals surface area contributed by atoms with E-state index in [0.717, 1.165) is 47.8 Å². The molecule has 1 atom stereocenters. The second kappa shape index (κ2) is 8.48. The Labute approximate surface area is 190 Å². The molecule has 0 radical (unpaired) electrons. The van der Waals surface area contributed by atoms with Gasteiger partial charge in [-0.15, -0.1) is 11.3 Å². The monoisotopic (exact) mass is 447 g/mol. The van der Waals surface area contributed by atoms with E-state index in [9.17, 15) is 9.59 Å². The molecule has 1 aliphatic rings. The summed E-state index contributed by atoms with van der Waals surface area (Å²) in [5.74, 6) is -0.0848. The number of hydrogen-bond donors (Lipinski definition) is 0. The molecule has 0 saturated carbocycles. The molecule has 3 aromatic heterocycles. The number of ketones is 1. The van der Waals surface area contributed by atoms with E-state index in [4.69, 9.17) is 4.74 Å². The zero-order valence-electron chi connectivity index (χ0n) is 18.2. The smallest absolute Gasteiger partial charge is 0.262 e. The topological polar surface area (TPSA) is 66.1 Å². The number of ether oxygens (including phenoxy) is 1. The van der Waals surface area contributed by atoms with E-state index >= 15 is 0 Å². The Morgan fingerprint density at radius 3 is 2.78 bits per heavy atom. The lowest BCUT2D eigenvalue weighted by Gasteiger charge is -2.14. The number of benzene rings is 1. The number of thiophene rings is 1. The number of Topliss-reactive ketones (excluding diaryl/α,β-unsaturated/α-hetero) is 1. The van der Waals surface area contributed by atoms with Crippen molar-refractivity contribution in [1.82, 2.24) is 14.1 Å². The molecular formula is C25H25N3O3S. The van der Waals surface area contributed by atoms with Gasteiger partial charge in [-0.2, -0.15) is 0 Å². The Morgan fingerprint density at radius 2 is 2.03 bits per heavy atom. The van der Waals surface area contributed by atoms with Crippen LogP contribution in [-0.2, 0) is 17.8 Å². The lowest BCUT2D eigenvalue weighted by Crippen LogP contribution is -2.24. The molecule has 164 valence electrons. The number of nitrogens with zero attached hydrogens (tertiary/aromatic N) is 3. The maximum absolute atomic E-state index is 13.1. The van der Waals surface area contributed by atoms with Crippen molar-refractivity contribution in [3.05, 3.63) is 76.1 Å². The summed E-state index contributed by atoms with van der Waals surface area (Å²) in [7, 11) is 0. The molecule has 4 heterocycles. The van der Waals surface area contributed by atoms with E-state index in [0.29, 0.717) is 15.8 Å². The molecule has 6 nitrogen and oxygen atoms in total. The molecule has 0 amide bonds. The Morgan fingerprint density at radius 1 is 1.22 bits per heavy atom. The lowest BCUT2D eigenvalue weighted by molar-refractivity contribution is 0.0948. The summed E-state index contributed by atoms with van der Waals surface area (Å²) in [4.78, 5) is 32.3. The Kier molecular flexibility index (Phi) is 5.53. The van der Waals surface area contributed by atoms with Crippen molar-refractivity contribution in [3.8, 4) is 10.4 Å². The minimum atomic E-state index is -0.185. The Hall–Kier alpha value is -3.03. The van der Waals surface area contributed by atoms with Gasteiger partial charge in [0, 0.05) is 35.0 Å². The minimum Gasteiger partial charge on any atom is -0.376 e. The normalized spacial score (nSPS) is 16.1. The van der Waals surface area contributed by atoms with Gasteiger partial charge in [-0.05, 0) is 44.4 Å². The van der Waals surface area contributed by atoms with Gasteiger partial charge in [0.1, 0.15) is 4.83 Å². The number of fused-ring (bicyclic) bond motifs is 1. The van der Waals surface area contributed by atoms with E-state index in [1.807, 2.05) is 56.3 Å². The van der Waals surface area contributed by atoms with Gasteiger partial charge >= 0.3 is 0 Å². The van der Waals surface area contributed by atoms with Crippen LogP contribution in [0.25, 0.3) is 20.7 Å². The van der Waals surface area contributed by atoms with E-state index < -0.39 is 0 Å². The summed E-state index contributed by atoms with van der Waals surface area (Å²) < 4.78 is 9.33. The molecular weight excluding hydrogens is 422 g/mol. The highest BCUT2D eigenvalue weighted by Gasteiger charge is 2.22. The first-order chi connectivity index (χ1) is 15.5. The fourth-order valence-electron chi connectivity index (χ4n) is 4.41. The lowest BCUT2D eigenvalue weighted by atomic mass is 10.1. The average molecular weight is 448 g/mol. The number of aryl methyl sites for hydroxylation is 1. The second-order valence-electron chi connectivity index (χ2n) is 8.33. The van der Waals surface area contributed by atoms with Crippen molar-refractivity contribution >= 4 is 27.3 Å². The molecule has 32 heavy (non-hydrogen) atoms. The zero-order chi connectivity index (χ0) is 22.2. The third-order valence-corrected chi connectivity index (χ3v) is 7.27. The molecule has 4 aromatic rings. The molecule has 0 aliphatic carbocycles. The first-order valence-electron chi connectivity index (χ1n) is 10.9. The van der Waals surface area contributed by atoms with Crippen molar-refractivity contribution in [2.75, 3.05) is 6.61 Å². The number of carbonyl (C=O) groups excluding carboxylic acids is 1. The Bertz CT molecular complexity index is 1340. The zero-order valence-corrected chi connectivity index (χ0v) is 19.0. The van der Waals surface area contributed by atoms with Gasteiger partial charge in [-0.1, -0.05) is 30.3 Å². The third-order valence-electron chi connectivity index (χ3n) is 6.17. The summed E-state index contributed by atoms with van der Waals surface area (Å²) >= 11 is 1.49. The fraction of sp³-hybridized carbons (Fsp3) is 0.320. The number of carbonyl (C=O) groups is 1. The van der Waals surface area contributed by atoms with Crippen LogP contribution >= 0.6 is 11.3 Å². The highest BCUT2D eigenvalue weighted by Crippen LogP contribution is 2.30. The molecule has 1 saturated heterocycles. The third kappa shape index (κ3) is 3.82. The van der Waals surface area contributed by atoms with Crippen LogP contribution in [0, 0.1) is 13.8 Å². The van der Waals surface area contributed by atoms with Gasteiger partial charge in [0.2, 0.25) is 0 Å². The predicted molar refractivity (Wildman–Crippen MR) is 127 cm³/mol. The molecule has 0 bridgehead atoms. The van der Waals surface area contributed by atoms with Crippen LogP contribution in [0.3, 0.4) is 0 Å². The van der Waals surface area contributed by atoms with Gasteiger partial charge in [-0.25, -0.2) is 4.98 Å². The van der Waals surface area contributed by atoms with Crippen LogP contribution in [0.5, 0.6) is 0 Å². The van der Waals surface area contributed by atoms with Crippen LogP contribution < -0.4 is 5.56 Å². The average Bonchev–Trinajstić information content (AvgIpc) is 3.53. The number of hydrogen-bond acceptors (Lipinski definition) is 5. The van der Waals surface area contributed by atoms with Crippen molar-refractivity contribution in [3.63, 3.8) is 0 Å². The van der Waals surface area contributed by atoms with Gasteiger partial charge in [-0.3, -0.25) is 14.2 Å². The number of aromatic nitrogens is 3. The van der Waals surface area contributed by atoms with Crippen molar-refractivity contribution < 1.29 is 9.53 Å². The molecule has 1 aromatic carbocycles. The van der Waals surface area contributed by atoms with Crippen molar-refractivity contribution in [2.24, 2.45) is 0 Å². The maximum Gasteiger partial charge on any atom is 0.262 e. The maximum atomic E-state index is 13.1. The van der Waals surface area contributed by atoms with Gasteiger partial charge < -0.3 is 9.30 Å². The summed E-state index contributed by atoms with van der Waals surface area (Å²) in [5.41, 5.74) is 3.48. The van der Waals surface area contributed by atoms with E-state index in [1.54, 1.807) is 0 Å². The molecule has 1 aliphatic heterocycles. The molecule has 1 fully saturated rings. The van der Waals surface area contributed by atoms with E-state index in [1.165, 1.54) is 22.2 Å². The van der Waals surface area contributed by atoms with Crippen LogP contribution in [0.15, 0.2) is 53.6 Å². The first-order valence-corrected chi connectivity index (χ1v) is 11.7. The van der Waals surface area contributed by atoms with Gasteiger partial charge in [0.15, 0.2) is 5.78 Å². The first kappa shape index (κ1) is 20.8. The molecule has 0 N–H and O–H groups in total. The second-order valence-corrected chi connectivity index (χ2v) is 9.36. The van der Waals surface area contributed by atoms with Crippen LogP contribution in [-0.4, -0.2) is 32.6 Å². The van der Waals surface area contributed by atoms with Crippen LogP contribution in [0.2, 0.25) is 0 Å². The molecule has 0 unspecified atom stereocenters. The SMILES string of the molecule is Cc1cc(C(=O)Cn2cnc3sc(-c4ccccc4)cc3c2=O)c(C)n1C[C@H]1CCCO1. The standard InChI is InChI=1S/C25H25N3O3S/c1-16-11-20(17(2)28(16)13-19-9-6-10-31-19)22(29)14-27-15-26-24-21(25(27)30)12-23(32-24)18-7-4-3-5-8-18/h3-5,7-8,11-12,15,19H,6,9-10,13-14H2,1-2H3/t19-/m1/s1. The predicted octanol–water partition coefficient (Wildman–Crippen LogP) is 4.61. The highest BCUT2D eigenvalue weighted by atomic mass is 32.1.